The summed E-state index contributed by atoms with van der Waals surface area (Å²) >= 11 is 0. The highest BCUT2D eigenvalue weighted by molar-refractivity contribution is 4.80. The number of epoxide rings is 2. The molecule has 4 atom stereocenters. The molecule has 4 N–H and O–H groups in total. The first-order valence-electron chi connectivity index (χ1n) is 6.06. The number of rotatable bonds is 8. The van der Waals surface area contributed by atoms with Crippen molar-refractivity contribution < 1.29 is 34.6 Å². The number of hydrogen-bond acceptors (Lipinski definition) is 7. The van der Waals surface area contributed by atoms with Crippen LogP contribution in [0.25, 0.3) is 0 Å². The Morgan fingerprint density at radius 1 is 1.06 bits per heavy atom. The van der Waals surface area contributed by atoms with E-state index in [-0.39, 0.29) is 38.1 Å². The van der Waals surface area contributed by atoms with Crippen molar-refractivity contribution in [3.63, 3.8) is 0 Å². The first kappa shape index (κ1) is 15.8. The lowest BCUT2D eigenvalue weighted by molar-refractivity contribution is -0.0669. The van der Waals surface area contributed by atoms with Crippen molar-refractivity contribution in [2.24, 2.45) is 0 Å². The highest BCUT2D eigenvalue weighted by Crippen LogP contribution is 2.20. The highest BCUT2D eigenvalue weighted by Gasteiger charge is 2.32. The van der Waals surface area contributed by atoms with Crippen LogP contribution in [0.5, 0.6) is 0 Å². The third-order valence-corrected chi connectivity index (χ3v) is 2.51. The Bertz CT molecular complexity index is 204. The van der Waals surface area contributed by atoms with E-state index in [2.05, 4.69) is 0 Å². The van der Waals surface area contributed by atoms with Crippen molar-refractivity contribution in [1.29, 1.82) is 0 Å². The van der Waals surface area contributed by atoms with Crippen LogP contribution in [0.3, 0.4) is 0 Å². The van der Waals surface area contributed by atoms with Gasteiger partial charge in [-0.3, -0.25) is 0 Å². The fraction of sp³-hybridized carbons (Fsp3) is 1.00. The molecule has 0 bridgehead atoms. The second kappa shape index (κ2) is 8.76. The van der Waals surface area contributed by atoms with E-state index < -0.39 is 6.10 Å². The number of hydrogen-bond donors (Lipinski definition) is 4. The quantitative estimate of drug-likeness (QED) is 0.371. The molecule has 0 saturated carbocycles. The maximum absolute atomic E-state index is 9.46. The van der Waals surface area contributed by atoms with Crippen LogP contribution in [0.15, 0.2) is 0 Å². The van der Waals surface area contributed by atoms with Crippen LogP contribution >= 0.6 is 0 Å². The van der Waals surface area contributed by atoms with Gasteiger partial charge in [0.2, 0.25) is 0 Å². The third kappa shape index (κ3) is 7.22. The molecule has 2 saturated heterocycles. The molecule has 0 aromatic rings. The molecule has 2 heterocycles. The molecule has 2 rings (SSSR count). The van der Waals surface area contributed by atoms with E-state index in [4.69, 9.17) is 29.5 Å². The van der Waals surface area contributed by atoms with Crippen molar-refractivity contribution in [2.75, 3.05) is 39.6 Å². The predicted molar refractivity (Wildman–Crippen MR) is 61.1 cm³/mol. The third-order valence-electron chi connectivity index (χ3n) is 2.51. The smallest absolute Gasteiger partial charge is 0.104 e. The molecular weight excluding hydrogens is 244 g/mol. The maximum atomic E-state index is 9.46. The zero-order valence-electron chi connectivity index (χ0n) is 10.3. The predicted octanol–water partition coefficient (Wildman–Crippen LogP) is -2.12. The van der Waals surface area contributed by atoms with Crippen LogP contribution in [0.4, 0.5) is 0 Å². The van der Waals surface area contributed by atoms with Gasteiger partial charge in [-0.15, -0.1) is 0 Å². The monoisotopic (exact) mass is 266 g/mol. The van der Waals surface area contributed by atoms with E-state index in [1.165, 1.54) is 0 Å². The van der Waals surface area contributed by atoms with Gasteiger partial charge in [-0.1, -0.05) is 0 Å². The molecule has 2 aliphatic rings. The Morgan fingerprint density at radius 2 is 1.61 bits per heavy atom. The molecule has 0 aromatic carbocycles. The van der Waals surface area contributed by atoms with Crippen LogP contribution in [-0.4, -0.2) is 84.5 Å². The van der Waals surface area contributed by atoms with Gasteiger partial charge in [0, 0.05) is 6.42 Å². The lowest BCUT2D eigenvalue weighted by Crippen LogP contribution is -2.34. The largest absolute Gasteiger partial charge is 0.394 e. The lowest BCUT2D eigenvalue weighted by Gasteiger charge is -2.20. The van der Waals surface area contributed by atoms with Crippen LogP contribution in [0.1, 0.15) is 6.42 Å². The van der Waals surface area contributed by atoms with Crippen LogP contribution in [-0.2, 0) is 14.2 Å². The van der Waals surface area contributed by atoms with Crippen LogP contribution in [0.2, 0.25) is 0 Å². The topological polar surface area (TPSA) is 115 Å². The van der Waals surface area contributed by atoms with Gasteiger partial charge in [-0.25, -0.2) is 0 Å². The Morgan fingerprint density at radius 3 is 2.00 bits per heavy atom. The number of aliphatic hydroxyl groups excluding tert-OH is 4. The maximum Gasteiger partial charge on any atom is 0.104 e. The first-order valence-corrected chi connectivity index (χ1v) is 6.06. The molecule has 108 valence electrons. The number of aliphatic hydroxyl groups is 4. The molecule has 0 spiro atoms. The second-order valence-corrected chi connectivity index (χ2v) is 4.22. The average Bonchev–Trinajstić information content (AvgIpc) is 3.27. The molecule has 0 radical (unpaired) electrons. The Balaban J connectivity index is 0.000000357. The standard InChI is InChI=1S/C9H16O5.C2H6O2/c10-2-8(11)9(1-6-3-12-6)14-5-7-4-13-7;3-1-2-4/h6-11H,1-5H2;3-4H,1-2H2. The fourth-order valence-electron chi connectivity index (χ4n) is 1.31. The zero-order valence-corrected chi connectivity index (χ0v) is 10.3. The van der Waals surface area contributed by atoms with Crippen LogP contribution < -0.4 is 0 Å². The summed E-state index contributed by atoms with van der Waals surface area (Å²) in [6.45, 7) is 1.44. The fourth-order valence-corrected chi connectivity index (χ4v) is 1.31. The minimum atomic E-state index is -0.821. The van der Waals surface area contributed by atoms with Crippen molar-refractivity contribution in [3.8, 4) is 0 Å². The van der Waals surface area contributed by atoms with Gasteiger partial charge in [0.15, 0.2) is 0 Å². The van der Waals surface area contributed by atoms with Gasteiger partial charge in [0.25, 0.3) is 0 Å². The van der Waals surface area contributed by atoms with Gasteiger partial charge in [-0.2, -0.15) is 0 Å². The molecule has 4 unspecified atom stereocenters. The van der Waals surface area contributed by atoms with E-state index in [1.54, 1.807) is 0 Å². The average molecular weight is 266 g/mol. The highest BCUT2D eigenvalue weighted by atomic mass is 16.6. The SMILES string of the molecule is OCC(O)C(CC1CO1)OCC1CO1.OCCO. The molecule has 2 aliphatic heterocycles. The van der Waals surface area contributed by atoms with Crippen molar-refractivity contribution in [2.45, 2.75) is 30.8 Å². The lowest BCUT2D eigenvalue weighted by atomic mass is 10.1. The molecular formula is C11H22O7. The van der Waals surface area contributed by atoms with Gasteiger partial charge >= 0.3 is 0 Å². The summed E-state index contributed by atoms with van der Waals surface area (Å²) in [7, 11) is 0. The molecule has 2 fully saturated rings. The van der Waals surface area contributed by atoms with Crippen molar-refractivity contribution >= 4 is 0 Å². The van der Waals surface area contributed by atoms with E-state index in [9.17, 15) is 5.11 Å². The number of ether oxygens (including phenoxy) is 3. The van der Waals surface area contributed by atoms with E-state index in [0.717, 1.165) is 13.2 Å². The zero-order chi connectivity index (χ0) is 13.4. The minimum Gasteiger partial charge on any atom is -0.394 e. The van der Waals surface area contributed by atoms with Gasteiger partial charge in [0.1, 0.15) is 12.2 Å². The first-order chi connectivity index (χ1) is 8.71. The molecule has 7 heteroatoms. The van der Waals surface area contributed by atoms with Gasteiger partial charge < -0.3 is 34.6 Å². The summed E-state index contributed by atoms with van der Waals surface area (Å²) in [5.41, 5.74) is 0. The second-order valence-electron chi connectivity index (χ2n) is 4.22. The summed E-state index contributed by atoms with van der Waals surface area (Å²) in [5, 5.41) is 33.5. The molecule has 0 aromatic heterocycles. The summed E-state index contributed by atoms with van der Waals surface area (Å²) in [6, 6.07) is 0. The van der Waals surface area contributed by atoms with Gasteiger partial charge in [-0.05, 0) is 0 Å². The van der Waals surface area contributed by atoms with Crippen LogP contribution in [0, 0.1) is 0 Å². The Kier molecular flexibility index (Phi) is 7.68. The molecule has 18 heavy (non-hydrogen) atoms. The summed E-state index contributed by atoms with van der Waals surface area (Å²) < 4.78 is 15.5. The Labute approximate surface area is 106 Å². The molecule has 0 amide bonds. The Hall–Kier alpha value is -0.280. The summed E-state index contributed by atoms with van der Waals surface area (Å²) in [6.07, 6.45) is -0.131. The molecule has 0 aliphatic carbocycles. The summed E-state index contributed by atoms with van der Waals surface area (Å²) in [5.74, 6) is 0. The minimum absolute atomic E-state index is 0.125. The summed E-state index contributed by atoms with van der Waals surface area (Å²) in [4.78, 5) is 0. The van der Waals surface area contributed by atoms with Crippen molar-refractivity contribution in [1.82, 2.24) is 0 Å². The van der Waals surface area contributed by atoms with Gasteiger partial charge in [0.05, 0.1) is 51.8 Å². The van der Waals surface area contributed by atoms with E-state index in [1.807, 2.05) is 0 Å². The van der Waals surface area contributed by atoms with Crippen molar-refractivity contribution in [3.05, 3.63) is 0 Å². The van der Waals surface area contributed by atoms with E-state index in [0.29, 0.717) is 13.0 Å². The van der Waals surface area contributed by atoms with E-state index >= 15 is 0 Å². The normalized spacial score (nSPS) is 28.0. The molecule has 7 nitrogen and oxygen atoms in total.